The van der Waals surface area contributed by atoms with Crippen LogP contribution in [-0.4, -0.2) is 47.9 Å². The molecular formula is C21H19ClN4O2S. The lowest BCUT2D eigenvalue weighted by atomic mass is 10.2. The van der Waals surface area contributed by atoms with Gasteiger partial charge in [0, 0.05) is 47.8 Å². The van der Waals surface area contributed by atoms with Crippen molar-refractivity contribution in [3.05, 3.63) is 76.3 Å². The van der Waals surface area contributed by atoms with E-state index in [1.54, 1.807) is 34.5 Å². The number of hydrogen-bond donors (Lipinski definition) is 1. The maximum atomic E-state index is 12.8. The summed E-state index contributed by atoms with van der Waals surface area (Å²) in [6.07, 6.45) is 0. The van der Waals surface area contributed by atoms with E-state index in [2.05, 4.69) is 27.3 Å². The second-order valence-corrected chi connectivity index (χ2v) is 7.91. The minimum absolute atomic E-state index is 0.110. The fraction of sp³-hybridized carbons (Fsp3) is 0.190. The van der Waals surface area contributed by atoms with Crippen molar-refractivity contribution < 1.29 is 9.59 Å². The van der Waals surface area contributed by atoms with Gasteiger partial charge in [0.25, 0.3) is 11.8 Å². The standard InChI is InChI=1S/C21H19ClN4O2S/c22-16-8-6-15(7-9-16)19(27)24-21-23-18(14-29-21)20(28)26-12-10-25(11-13-26)17-4-2-1-3-5-17/h1-9,14H,10-13H2,(H,23,24,27). The molecule has 6 nitrogen and oxygen atoms in total. The van der Waals surface area contributed by atoms with E-state index in [1.165, 1.54) is 17.0 Å². The molecule has 0 bridgehead atoms. The van der Waals surface area contributed by atoms with E-state index in [-0.39, 0.29) is 11.8 Å². The molecule has 0 unspecified atom stereocenters. The van der Waals surface area contributed by atoms with Crippen LogP contribution >= 0.6 is 22.9 Å². The third-order valence-corrected chi connectivity index (χ3v) is 5.75. The molecule has 1 aliphatic rings. The summed E-state index contributed by atoms with van der Waals surface area (Å²) in [5, 5.41) is 5.38. The third-order valence-electron chi connectivity index (χ3n) is 4.74. The molecule has 2 amide bonds. The summed E-state index contributed by atoms with van der Waals surface area (Å²) in [5.41, 5.74) is 2.00. The fourth-order valence-electron chi connectivity index (χ4n) is 3.17. The van der Waals surface area contributed by atoms with Crippen molar-refractivity contribution in [2.45, 2.75) is 0 Å². The second-order valence-electron chi connectivity index (χ2n) is 6.61. The number of hydrogen-bond acceptors (Lipinski definition) is 5. The van der Waals surface area contributed by atoms with Gasteiger partial charge >= 0.3 is 0 Å². The molecule has 0 saturated carbocycles. The molecule has 8 heteroatoms. The Morgan fingerprint density at radius 2 is 1.66 bits per heavy atom. The minimum Gasteiger partial charge on any atom is -0.368 e. The molecule has 4 rings (SSSR count). The van der Waals surface area contributed by atoms with E-state index in [1.807, 2.05) is 18.2 Å². The molecule has 3 aromatic rings. The van der Waals surface area contributed by atoms with Gasteiger partial charge in [0.2, 0.25) is 0 Å². The number of para-hydroxylation sites is 1. The van der Waals surface area contributed by atoms with E-state index in [0.717, 1.165) is 13.1 Å². The number of nitrogens with zero attached hydrogens (tertiary/aromatic N) is 3. The average Bonchev–Trinajstić information content (AvgIpc) is 3.23. The van der Waals surface area contributed by atoms with Gasteiger partial charge < -0.3 is 9.80 Å². The number of piperazine rings is 1. The van der Waals surface area contributed by atoms with Crippen LogP contribution in [0.1, 0.15) is 20.8 Å². The molecule has 1 saturated heterocycles. The number of nitrogens with one attached hydrogen (secondary N) is 1. The first kappa shape index (κ1) is 19.4. The van der Waals surface area contributed by atoms with Gasteiger partial charge in [0.05, 0.1) is 0 Å². The van der Waals surface area contributed by atoms with Crippen LogP contribution in [0.15, 0.2) is 60.0 Å². The highest BCUT2D eigenvalue weighted by Crippen LogP contribution is 2.20. The third kappa shape index (κ3) is 4.58. The van der Waals surface area contributed by atoms with Crippen LogP contribution in [0.2, 0.25) is 5.02 Å². The first-order chi connectivity index (χ1) is 14.1. The van der Waals surface area contributed by atoms with Crippen LogP contribution in [-0.2, 0) is 0 Å². The highest BCUT2D eigenvalue weighted by Gasteiger charge is 2.24. The van der Waals surface area contributed by atoms with Crippen molar-refractivity contribution in [2.75, 3.05) is 36.4 Å². The zero-order chi connectivity index (χ0) is 20.2. The first-order valence-corrected chi connectivity index (χ1v) is 10.5. The van der Waals surface area contributed by atoms with Crippen LogP contribution in [0.3, 0.4) is 0 Å². The Labute approximate surface area is 177 Å². The number of rotatable bonds is 4. The number of benzene rings is 2. The molecule has 1 N–H and O–H groups in total. The SMILES string of the molecule is O=C(Nc1nc(C(=O)N2CCN(c3ccccc3)CC2)cs1)c1ccc(Cl)cc1. The summed E-state index contributed by atoms with van der Waals surface area (Å²) < 4.78 is 0. The lowest BCUT2D eigenvalue weighted by Gasteiger charge is -2.35. The molecule has 0 spiro atoms. The van der Waals surface area contributed by atoms with Gasteiger partial charge in [-0.1, -0.05) is 29.8 Å². The Hall–Kier alpha value is -2.90. The van der Waals surface area contributed by atoms with Gasteiger partial charge in [-0.05, 0) is 36.4 Å². The lowest BCUT2D eigenvalue weighted by molar-refractivity contribution is 0.0741. The van der Waals surface area contributed by atoms with Crippen LogP contribution in [0, 0.1) is 0 Å². The summed E-state index contributed by atoms with van der Waals surface area (Å²) in [6, 6.07) is 16.8. The summed E-state index contributed by atoms with van der Waals surface area (Å²) in [4.78, 5) is 33.4. The van der Waals surface area contributed by atoms with Gasteiger partial charge in [0.15, 0.2) is 5.13 Å². The Balaban J connectivity index is 1.35. The van der Waals surface area contributed by atoms with Gasteiger partial charge in [-0.2, -0.15) is 0 Å². The topological polar surface area (TPSA) is 65.5 Å². The summed E-state index contributed by atoms with van der Waals surface area (Å²) in [6.45, 7) is 2.83. The fourth-order valence-corrected chi connectivity index (χ4v) is 3.97. The van der Waals surface area contributed by atoms with E-state index in [0.29, 0.717) is 34.5 Å². The minimum atomic E-state index is -0.286. The molecule has 2 aromatic carbocycles. The highest BCUT2D eigenvalue weighted by molar-refractivity contribution is 7.14. The maximum Gasteiger partial charge on any atom is 0.273 e. The van der Waals surface area contributed by atoms with Crippen LogP contribution in [0.5, 0.6) is 0 Å². The Morgan fingerprint density at radius 3 is 2.34 bits per heavy atom. The van der Waals surface area contributed by atoms with Crippen molar-refractivity contribution in [1.29, 1.82) is 0 Å². The van der Waals surface area contributed by atoms with E-state index in [4.69, 9.17) is 11.6 Å². The van der Waals surface area contributed by atoms with Crippen molar-refractivity contribution in [1.82, 2.24) is 9.88 Å². The Morgan fingerprint density at radius 1 is 0.966 bits per heavy atom. The molecular weight excluding hydrogens is 408 g/mol. The number of halogens is 1. The number of amides is 2. The average molecular weight is 427 g/mol. The Bertz CT molecular complexity index is 999. The zero-order valence-corrected chi connectivity index (χ0v) is 17.1. The molecule has 1 aromatic heterocycles. The Kier molecular flexibility index (Phi) is 5.78. The van der Waals surface area contributed by atoms with Crippen molar-refractivity contribution in [3.63, 3.8) is 0 Å². The lowest BCUT2D eigenvalue weighted by Crippen LogP contribution is -2.48. The number of anilines is 2. The molecule has 148 valence electrons. The number of aromatic nitrogens is 1. The van der Waals surface area contributed by atoms with Crippen molar-refractivity contribution in [2.24, 2.45) is 0 Å². The summed E-state index contributed by atoms with van der Waals surface area (Å²) in [5.74, 6) is -0.396. The van der Waals surface area contributed by atoms with Crippen LogP contribution in [0.4, 0.5) is 10.8 Å². The van der Waals surface area contributed by atoms with Crippen molar-refractivity contribution in [3.8, 4) is 0 Å². The summed E-state index contributed by atoms with van der Waals surface area (Å²) in [7, 11) is 0. The van der Waals surface area contributed by atoms with E-state index in [9.17, 15) is 9.59 Å². The predicted molar refractivity (Wildman–Crippen MR) is 116 cm³/mol. The maximum absolute atomic E-state index is 12.8. The summed E-state index contributed by atoms with van der Waals surface area (Å²) >= 11 is 7.08. The normalized spacial score (nSPS) is 14.0. The quantitative estimate of drug-likeness (QED) is 0.684. The van der Waals surface area contributed by atoms with Crippen molar-refractivity contribution >= 4 is 45.6 Å². The molecule has 0 radical (unpaired) electrons. The molecule has 0 atom stereocenters. The number of carbonyl (C=O) groups is 2. The van der Waals surface area contributed by atoms with E-state index >= 15 is 0 Å². The van der Waals surface area contributed by atoms with Crippen LogP contribution in [0.25, 0.3) is 0 Å². The van der Waals surface area contributed by atoms with Crippen LogP contribution < -0.4 is 10.2 Å². The highest BCUT2D eigenvalue weighted by atomic mass is 35.5. The predicted octanol–water partition coefficient (Wildman–Crippen LogP) is 4.01. The molecule has 1 aliphatic heterocycles. The second kappa shape index (κ2) is 8.63. The van der Waals surface area contributed by atoms with Gasteiger partial charge in [-0.15, -0.1) is 11.3 Å². The zero-order valence-electron chi connectivity index (χ0n) is 15.5. The largest absolute Gasteiger partial charge is 0.368 e. The monoisotopic (exact) mass is 426 g/mol. The first-order valence-electron chi connectivity index (χ1n) is 9.22. The van der Waals surface area contributed by atoms with Gasteiger partial charge in [0.1, 0.15) is 5.69 Å². The molecule has 29 heavy (non-hydrogen) atoms. The number of thiazole rings is 1. The molecule has 1 fully saturated rings. The van der Waals surface area contributed by atoms with Gasteiger partial charge in [-0.25, -0.2) is 4.98 Å². The smallest absolute Gasteiger partial charge is 0.273 e. The number of carbonyl (C=O) groups excluding carboxylic acids is 2. The molecule has 2 heterocycles. The molecule has 0 aliphatic carbocycles. The van der Waals surface area contributed by atoms with E-state index < -0.39 is 0 Å². The van der Waals surface area contributed by atoms with Gasteiger partial charge in [-0.3, -0.25) is 14.9 Å².